The molecule has 0 saturated heterocycles. The van der Waals surface area contributed by atoms with Crippen LogP contribution in [0.1, 0.15) is 32.6 Å². The van der Waals surface area contributed by atoms with Crippen LogP contribution in [-0.4, -0.2) is 25.3 Å². The molecule has 0 aromatic carbocycles. The van der Waals surface area contributed by atoms with E-state index < -0.39 is 0 Å². The summed E-state index contributed by atoms with van der Waals surface area (Å²) in [6.07, 6.45) is 8.72. The molecule has 1 amide bonds. The summed E-state index contributed by atoms with van der Waals surface area (Å²) in [5.41, 5.74) is 0.811. The third-order valence-corrected chi connectivity index (χ3v) is 2.99. The molecule has 0 heterocycles. The van der Waals surface area contributed by atoms with Gasteiger partial charge in [0, 0.05) is 18.0 Å². The Morgan fingerprint density at radius 1 is 1.39 bits per heavy atom. The van der Waals surface area contributed by atoms with E-state index >= 15 is 0 Å². The predicted octanol–water partition coefficient (Wildman–Crippen LogP) is 1.54. The van der Waals surface area contributed by atoms with Gasteiger partial charge in [0.15, 0.2) is 0 Å². The van der Waals surface area contributed by atoms with Crippen molar-refractivity contribution in [3.63, 3.8) is 0 Å². The first-order valence-corrected chi connectivity index (χ1v) is 6.46. The number of ketones is 1. The minimum atomic E-state index is -0.0266. The number of rotatable bonds is 7. The van der Waals surface area contributed by atoms with Crippen LogP contribution in [0, 0.1) is 5.92 Å². The minimum absolute atomic E-state index is 0.0266. The second kappa shape index (κ2) is 7.82. The number of hydrogen-bond acceptors (Lipinski definition) is 3. The maximum atomic E-state index is 11.6. The van der Waals surface area contributed by atoms with Crippen LogP contribution >= 0.6 is 0 Å². The van der Waals surface area contributed by atoms with Crippen LogP contribution in [0.4, 0.5) is 0 Å². The topological polar surface area (TPSA) is 58.2 Å². The average molecular weight is 250 g/mol. The number of Topliss-reactive ketones (excluding diaryl/α,β-unsaturated/α-hetero) is 1. The Bertz CT molecular complexity index is 359. The van der Waals surface area contributed by atoms with E-state index in [9.17, 15) is 9.59 Å². The van der Waals surface area contributed by atoms with Gasteiger partial charge in [0.2, 0.25) is 5.91 Å². The highest BCUT2D eigenvalue weighted by atomic mass is 16.1. The van der Waals surface area contributed by atoms with Gasteiger partial charge in [-0.05, 0) is 45.9 Å². The monoisotopic (exact) mass is 250 g/mol. The minimum Gasteiger partial charge on any atom is -0.326 e. The van der Waals surface area contributed by atoms with Crippen molar-refractivity contribution in [2.75, 3.05) is 13.6 Å². The summed E-state index contributed by atoms with van der Waals surface area (Å²) in [5.74, 6) is 0.185. The molecule has 0 aromatic heterocycles. The molecule has 0 spiro atoms. The van der Waals surface area contributed by atoms with Crippen LogP contribution in [0.2, 0.25) is 0 Å². The zero-order valence-corrected chi connectivity index (χ0v) is 11.2. The van der Waals surface area contributed by atoms with Crippen molar-refractivity contribution in [2.24, 2.45) is 5.92 Å². The number of unbranched alkanes of at least 4 members (excludes halogenated alkanes) is 1. The van der Waals surface area contributed by atoms with E-state index in [-0.39, 0.29) is 17.6 Å². The largest absolute Gasteiger partial charge is 0.326 e. The zero-order chi connectivity index (χ0) is 13.4. The lowest BCUT2D eigenvalue weighted by molar-refractivity contribution is -0.120. The van der Waals surface area contributed by atoms with E-state index in [1.807, 2.05) is 25.3 Å². The molecule has 0 aromatic rings. The highest BCUT2D eigenvalue weighted by Crippen LogP contribution is 2.15. The highest BCUT2D eigenvalue weighted by Gasteiger charge is 2.13. The normalized spacial score (nSPS) is 18.3. The quantitative estimate of drug-likeness (QED) is 0.674. The van der Waals surface area contributed by atoms with E-state index in [0.717, 1.165) is 25.1 Å². The number of carbonyl (C=O) groups excluding carboxylic acids is 2. The summed E-state index contributed by atoms with van der Waals surface area (Å²) in [4.78, 5) is 22.8. The van der Waals surface area contributed by atoms with Gasteiger partial charge in [-0.25, -0.2) is 0 Å². The molecular formula is C14H22N2O2. The van der Waals surface area contributed by atoms with Gasteiger partial charge < -0.3 is 10.6 Å². The molecule has 2 N–H and O–H groups in total. The number of carbonyl (C=O) groups is 2. The summed E-state index contributed by atoms with van der Waals surface area (Å²) in [7, 11) is 1.91. The second-order valence-corrected chi connectivity index (χ2v) is 4.58. The molecule has 0 saturated carbocycles. The fourth-order valence-electron chi connectivity index (χ4n) is 1.83. The molecule has 4 nitrogen and oxygen atoms in total. The Kier molecular flexibility index (Phi) is 6.36. The molecule has 1 aliphatic rings. The highest BCUT2D eigenvalue weighted by molar-refractivity contribution is 5.81. The van der Waals surface area contributed by atoms with Crippen LogP contribution in [-0.2, 0) is 9.59 Å². The molecule has 1 aliphatic carbocycles. The third-order valence-electron chi connectivity index (χ3n) is 2.99. The van der Waals surface area contributed by atoms with Gasteiger partial charge in [0.25, 0.3) is 0 Å². The van der Waals surface area contributed by atoms with Crippen molar-refractivity contribution >= 4 is 11.7 Å². The number of hydrogen-bond donors (Lipinski definition) is 2. The van der Waals surface area contributed by atoms with Crippen LogP contribution in [0.25, 0.3) is 0 Å². The fraction of sp³-hybridized carbons (Fsp3) is 0.571. The van der Waals surface area contributed by atoms with Gasteiger partial charge in [-0.3, -0.25) is 9.59 Å². The van der Waals surface area contributed by atoms with E-state index in [4.69, 9.17) is 0 Å². The molecule has 0 fully saturated rings. The third kappa shape index (κ3) is 5.27. The lowest BCUT2D eigenvalue weighted by Crippen LogP contribution is -2.23. The zero-order valence-electron chi connectivity index (χ0n) is 11.2. The first kappa shape index (κ1) is 14.6. The molecule has 100 valence electrons. The first-order chi connectivity index (χ1) is 8.63. The van der Waals surface area contributed by atoms with Crippen molar-refractivity contribution in [1.82, 2.24) is 10.6 Å². The van der Waals surface area contributed by atoms with Gasteiger partial charge in [-0.15, -0.1) is 0 Å². The van der Waals surface area contributed by atoms with E-state index in [0.29, 0.717) is 12.8 Å². The number of amides is 1. The number of allylic oxidation sites excluding steroid dienone is 3. The van der Waals surface area contributed by atoms with E-state index in [1.54, 1.807) is 6.92 Å². The smallest absolute Gasteiger partial charge is 0.224 e. The van der Waals surface area contributed by atoms with Gasteiger partial charge in [0.05, 0.1) is 0 Å². The summed E-state index contributed by atoms with van der Waals surface area (Å²) in [6.45, 7) is 2.53. The fourth-order valence-corrected chi connectivity index (χ4v) is 1.83. The second-order valence-electron chi connectivity index (χ2n) is 4.58. The Hall–Kier alpha value is -1.42. The maximum absolute atomic E-state index is 11.6. The molecule has 0 aliphatic heterocycles. The summed E-state index contributed by atoms with van der Waals surface area (Å²) in [6, 6.07) is 0. The van der Waals surface area contributed by atoms with Crippen molar-refractivity contribution in [3.05, 3.63) is 23.9 Å². The summed E-state index contributed by atoms with van der Waals surface area (Å²) >= 11 is 0. The standard InChI is InChI=1S/C14H22N2O2/c1-11(17)12-6-8-13(9-7-12)16-14(18)5-3-4-10-15-2/h6,8-9,12,15H,3-5,7,10H2,1-2H3,(H,16,18). The van der Waals surface area contributed by atoms with Gasteiger partial charge in [0.1, 0.15) is 5.78 Å². The number of nitrogens with one attached hydrogen (secondary N) is 2. The molecule has 0 radical (unpaired) electrons. The molecule has 1 unspecified atom stereocenters. The Morgan fingerprint density at radius 3 is 2.72 bits per heavy atom. The van der Waals surface area contributed by atoms with Gasteiger partial charge in [-0.1, -0.05) is 12.2 Å². The van der Waals surface area contributed by atoms with Crippen molar-refractivity contribution in [3.8, 4) is 0 Å². The van der Waals surface area contributed by atoms with Crippen LogP contribution in [0.3, 0.4) is 0 Å². The average Bonchev–Trinajstić information content (AvgIpc) is 2.35. The van der Waals surface area contributed by atoms with Crippen molar-refractivity contribution < 1.29 is 9.59 Å². The molecule has 1 rings (SSSR count). The molecular weight excluding hydrogens is 228 g/mol. The Morgan fingerprint density at radius 2 is 2.17 bits per heavy atom. The van der Waals surface area contributed by atoms with Gasteiger partial charge in [-0.2, -0.15) is 0 Å². The lowest BCUT2D eigenvalue weighted by Gasteiger charge is -2.14. The van der Waals surface area contributed by atoms with Gasteiger partial charge >= 0.3 is 0 Å². The van der Waals surface area contributed by atoms with Crippen molar-refractivity contribution in [2.45, 2.75) is 32.6 Å². The first-order valence-electron chi connectivity index (χ1n) is 6.46. The predicted molar refractivity (Wildman–Crippen MR) is 71.9 cm³/mol. The van der Waals surface area contributed by atoms with E-state index in [1.165, 1.54) is 0 Å². The lowest BCUT2D eigenvalue weighted by atomic mass is 9.96. The Labute approximate surface area is 109 Å². The van der Waals surface area contributed by atoms with Crippen molar-refractivity contribution in [1.29, 1.82) is 0 Å². The Balaban J connectivity index is 2.25. The van der Waals surface area contributed by atoms with Crippen LogP contribution in [0.15, 0.2) is 23.9 Å². The maximum Gasteiger partial charge on any atom is 0.224 e. The SMILES string of the molecule is CNCCCCC(=O)NC1=CCC(C(C)=O)C=C1. The molecule has 4 heteroatoms. The molecule has 18 heavy (non-hydrogen) atoms. The van der Waals surface area contributed by atoms with Crippen LogP contribution in [0.5, 0.6) is 0 Å². The summed E-state index contributed by atoms with van der Waals surface area (Å²) in [5, 5.41) is 5.91. The van der Waals surface area contributed by atoms with E-state index in [2.05, 4.69) is 10.6 Å². The van der Waals surface area contributed by atoms with Crippen LogP contribution < -0.4 is 10.6 Å². The molecule has 1 atom stereocenters. The summed E-state index contributed by atoms with van der Waals surface area (Å²) < 4.78 is 0. The molecule has 0 bridgehead atoms.